The van der Waals surface area contributed by atoms with E-state index >= 15 is 0 Å². The van der Waals surface area contributed by atoms with E-state index in [-0.39, 0.29) is 28.7 Å². The number of nitrogens with one attached hydrogen (secondary N) is 1. The van der Waals surface area contributed by atoms with Crippen LogP contribution >= 0.6 is 11.6 Å². The van der Waals surface area contributed by atoms with Crippen molar-refractivity contribution >= 4 is 33.2 Å². The molecule has 6 atom stereocenters. The minimum atomic E-state index is -4.00. The summed E-state index contributed by atoms with van der Waals surface area (Å²) in [6.07, 6.45) is 9.41. The van der Waals surface area contributed by atoms with Crippen LogP contribution in [0.1, 0.15) is 73.9 Å². The van der Waals surface area contributed by atoms with Crippen molar-refractivity contribution in [3.63, 3.8) is 0 Å². The molecule has 2 fully saturated rings. The van der Waals surface area contributed by atoms with Gasteiger partial charge in [-0.3, -0.25) is 9.69 Å². The average Bonchev–Trinajstić information content (AvgIpc) is 3.24. The van der Waals surface area contributed by atoms with Crippen LogP contribution in [0.15, 0.2) is 48.6 Å². The molecule has 0 radical (unpaired) electrons. The molecule has 3 heterocycles. The fourth-order valence-corrected chi connectivity index (χ4v) is 10.1. The lowest BCUT2D eigenvalue weighted by Gasteiger charge is -2.47. The van der Waals surface area contributed by atoms with Gasteiger partial charge in [-0.05, 0) is 105 Å². The highest BCUT2D eigenvalue weighted by Crippen LogP contribution is 2.48. The number of allylic oxidation sites excluding steroid dienone is 1. The summed E-state index contributed by atoms with van der Waals surface area (Å²) in [6.45, 7) is 9.28. The Bertz CT molecular complexity index is 1830. The summed E-state index contributed by atoms with van der Waals surface area (Å²) < 4.78 is 41.4. The van der Waals surface area contributed by atoms with E-state index in [0.717, 1.165) is 75.7 Å². The van der Waals surface area contributed by atoms with Gasteiger partial charge in [0.05, 0.1) is 30.8 Å². The fourth-order valence-electron chi connectivity index (χ4n) is 8.65. The number of aryl methyl sites for hydroxylation is 1. The Balaban J connectivity index is 1.26. The molecule has 1 amide bonds. The first kappa shape index (κ1) is 36.3. The number of halogens is 1. The van der Waals surface area contributed by atoms with Gasteiger partial charge in [0.1, 0.15) is 11.4 Å². The van der Waals surface area contributed by atoms with Gasteiger partial charge in [-0.25, -0.2) is 13.1 Å². The van der Waals surface area contributed by atoms with Gasteiger partial charge in [0.15, 0.2) is 0 Å². The number of nitrogens with zero attached hydrogens (tertiary/aromatic N) is 2. The van der Waals surface area contributed by atoms with Gasteiger partial charge in [-0.2, -0.15) is 0 Å². The van der Waals surface area contributed by atoms with Crippen LogP contribution in [-0.2, 0) is 26.6 Å². The van der Waals surface area contributed by atoms with Crippen molar-refractivity contribution in [2.24, 2.45) is 17.8 Å². The quantitative estimate of drug-likeness (QED) is 0.315. The molecule has 2 aromatic rings. The number of hydrogen-bond donors (Lipinski definition) is 2. The Morgan fingerprint density at radius 3 is 2.73 bits per heavy atom. The van der Waals surface area contributed by atoms with E-state index in [2.05, 4.69) is 38.5 Å². The predicted octanol–water partition coefficient (Wildman–Crippen LogP) is 5.34. The number of amides is 1. The molecule has 2 bridgehead atoms. The Kier molecular flexibility index (Phi) is 10.5. The van der Waals surface area contributed by atoms with E-state index in [1.165, 1.54) is 11.1 Å². The maximum Gasteiger partial charge on any atom is 0.264 e. The summed E-state index contributed by atoms with van der Waals surface area (Å²) in [5.41, 5.74) is 1.82. The van der Waals surface area contributed by atoms with E-state index in [4.69, 9.17) is 21.1 Å². The number of aliphatic hydroxyl groups is 1. The van der Waals surface area contributed by atoms with Gasteiger partial charge in [0, 0.05) is 61.1 Å². The highest BCUT2D eigenvalue weighted by Gasteiger charge is 2.48. The summed E-state index contributed by atoms with van der Waals surface area (Å²) >= 11 is 6.46. The SMILES string of the molecule is C[C@@H]1[C@@H](C)C/C=C/[C@@](O)(C#CCCN2CCOCC2)[C@@H]2CC[C@H]2CN2C[C@@]3(CCCc4cc(Cl)ccc43)COc3ccc(cc32)C(=O)NS1(=O)=O. The molecule has 0 aromatic heterocycles. The molecule has 274 valence electrons. The topological polar surface area (TPSA) is 108 Å². The maximum absolute atomic E-state index is 13.5. The van der Waals surface area contributed by atoms with Gasteiger partial charge in [0.25, 0.3) is 5.91 Å². The monoisotopic (exact) mass is 735 g/mol. The smallest absolute Gasteiger partial charge is 0.264 e. The molecule has 9 nitrogen and oxygen atoms in total. The van der Waals surface area contributed by atoms with Crippen molar-refractivity contribution in [1.29, 1.82) is 0 Å². The molecule has 3 aliphatic heterocycles. The molecule has 1 saturated heterocycles. The van der Waals surface area contributed by atoms with Crippen LogP contribution in [0.4, 0.5) is 5.69 Å². The van der Waals surface area contributed by atoms with Crippen LogP contribution in [0.3, 0.4) is 0 Å². The molecule has 2 N–H and O–H groups in total. The molecule has 11 heteroatoms. The third-order valence-corrected chi connectivity index (χ3v) is 14.2. The molecule has 2 aromatic carbocycles. The number of carbonyl (C=O) groups is 1. The molecule has 0 unspecified atom stereocenters. The van der Waals surface area contributed by atoms with Crippen LogP contribution in [0.5, 0.6) is 5.75 Å². The van der Waals surface area contributed by atoms with E-state index < -0.39 is 26.8 Å². The van der Waals surface area contributed by atoms with Crippen LogP contribution in [-0.4, -0.2) is 87.7 Å². The van der Waals surface area contributed by atoms with E-state index in [1.807, 2.05) is 25.1 Å². The molecule has 2 aliphatic carbocycles. The van der Waals surface area contributed by atoms with Crippen LogP contribution in [0.2, 0.25) is 5.02 Å². The van der Waals surface area contributed by atoms with Crippen molar-refractivity contribution in [3.8, 4) is 17.6 Å². The molecular formula is C40H50ClN3O6S. The van der Waals surface area contributed by atoms with Gasteiger partial charge in [-0.1, -0.05) is 42.5 Å². The molecule has 1 spiro atoms. The highest BCUT2D eigenvalue weighted by atomic mass is 35.5. The van der Waals surface area contributed by atoms with Gasteiger partial charge < -0.3 is 19.5 Å². The highest BCUT2D eigenvalue weighted by molar-refractivity contribution is 7.90. The zero-order valence-corrected chi connectivity index (χ0v) is 31.3. The molecule has 7 rings (SSSR count). The lowest BCUT2D eigenvalue weighted by molar-refractivity contribution is -0.00330. The van der Waals surface area contributed by atoms with E-state index in [1.54, 1.807) is 25.1 Å². The van der Waals surface area contributed by atoms with Crippen molar-refractivity contribution in [2.75, 3.05) is 57.4 Å². The third kappa shape index (κ3) is 7.56. The van der Waals surface area contributed by atoms with Crippen LogP contribution in [0, 0.1) is 29.6 Å². The molecule has 51 heavy (non-hydrogen) atoms. The van der Waals surface area contributed by atoms with Crippen molar-refractivity contribution < 1.29 is 27.8 Å². The van der Waals surface area contributed by atoms with Crippen LogP contribution in [0.25, 0.3) is 0 Å². The second-order valence-corrected chi connectivity index (χ2v) is 17.8. The zero-order chi connectivity index (χ0) is 35.8. The largest absolute Gasteiger partial charge is 0.490 e. The number of hydrogen-bond acceptors (Lipinski definition) is 8. The summed E-state index contributed by atoms with van der Waals surface area (Å²) in [5.74, 6) is 6.34. The number of fused-ring (bicyclic) bond motifs is 4. The molecule has 1 saturated carbocycles. The normalized spacial score (nSPS) is 32.9. The second kappa shape index (κ2) is 14.7. The first-order valence-electron chi connectivity index (χ1n) is 18.5. The van der Waals surface area contributed by atoms with Crippen LogP contribution < -0.4 is 14.4 Å². The molecular weight excluding hydrogens is 686 g/mol. The number of benzene rings is 2. The summed E-state index contributed by atoms with van der Waals surface area (Å²) in [4.78, 5) is 18.2. The fraction of sp³-hybridized carbons (Fsp3) is 0.575. The van der Waals surface area contributed by atoms with Crippen molar-refractivity contribution in [2.45, 2.75) is 75.1 Å². The Hall–Kier alpha value is -3.07. The van der Waals surface area contributed by atoms with Crippen molar-refractivity contribution in [1.82, 2.24) is 9.62 Å². The Labute approximate surface area is 307 Å². The first-order chi connectivity index (χ1) is 24.5. The number of sulfonamides is 1. The van der Waals surface area contributed by atoms with Gasteiger partial charge in [0.2, 0.25) is 10.0 Å². The number of rotatable bonds is 2. The van der Waals surface area contributed by atoms with Gasteiger partial charge >= 0.3 is 0 Å². The third-order valence-electron chi connectivity index (χ3n) is 12.1. The Morgan fingerprint density at radius 1 is 1.12 bits per heavy atom. The van der Waals surface area contributed by atoms with E-state index in [9.17, 15) is 18.3 Å². The first-order valence-corrected chi connectivity index (χ1v) is 20.5. The second-order valence-electron chi connectivity index (χ2n) is 15.4. The standard InChI is InChI=1S/C40H50ClN3O6S/c1-28-7-5-17-40(46,16-3-4-18-43-19-21-49-22-20-43)35-12-9-32(35)25-44-26-39(15-6-8-30-23-33(41)11-13-34(30)39)27-50-37-14-10-31(24-36(37)44)38(45)42-51(47,48)29(28)2/h5,10-11,13-14,17,23-24,28-29,32,35,46H,4,6-9,12,15,18-22,25-27H2,1-2H3,(H,42,45)/b17-5+/t28-,29+,32-,35+,39-,40-/m0/s1. The average molecular weight is 736 g/mol. The zero-order valence-electron chi connectivity index (χ0n) is 29.7. The van der Waals surface area contributed by atoms with E-state index in [0.29, 0.717) is 38.3 Å². The lowest BCUT2D eigenvalue weighted by atomic mass is 9.64. The number of ether oxygens (including phenoxy) is 2. The van der Waals surface area contributed by atoms with Gasteiger partial charge in [-0.15, -0.1) is 0 Å². The number of anilines is 1. The maximum atomic E-state index is 13.5. The summed E-state index contributed by atoms with van der Waals surface area (Å²) in [6, 6.07) is 11.4. The number of carbonyl (C=O) groups excluding carboxylic acids is 1. The number of morpholine rings is 1. The molecule has 5 aliphatic rings. The summed E-state index contributed by atoms with van der Waals surface area (Å²) in [5, 5.41) is 12.3. The Morgan fingerprint density at radius 2 is 1.94 bits per heavy atom. The summed E-state index contributed by atoms with van der Waals surface area (Å²) in [7, 11) is -4.00. The predicted molar refractivity (Wildman–Crippen MR) is 200 cm³/mol. The minimum absolute atomic E-state index is 0.110. The van der Waals surface area contributed by atoms with Crippen molar-refractivity contribution in [3.05, 3.63) is 70.3 Å². The lowest BCUT2D eigenvalue weighted by Crippen LogP contribution is -2.52. The minimum Gasteiger partial charge on any atom is -0.490 e.